The van der Waals surface area contributed by atoms with Crippen LogP contribution in [0.3, 0.4) is 0 Å². The Bertz CT molecular complexity index is 1760. The lowest BCUT2D eigenvalue weighted by atomic mass is 9.95. The molecule has 5 aliphatic heterocycles. The molecule has 0 saturated carbocycles. The fourth-order valence-corrected chi connectivity index (χ4v) is 8.81. The Balaban J connectivity index is 1.06. The van der Waals surface area contributed by atoms with Gasteiger partial charge in [-0.25, -0.2) is 14.8 Å². The number of hydrazine groups is 1. The highest BCUT2D eigenvalue weighted by Crippen LogP contribution is 2.41. The number of carbonyl (C=O) groups is 1. The van der Waals surface area contributed by atoms with Crippen LogP contribution in [0.1, 0.15) is 36.9 Å². The summed E-state index contributed by atoms with van der Waals surface area (Å²) in [7, 11) is 4.03. The van der Waals surface area contributed by atoms with E-state index in [0.29, 0.717) is 45.2 Å². The normalized spacial score (nSPS) is 27.4. The molecule has 4 atom stereocenters. The number of benzene rings is 2. The van der Waals surface area contributed by atoms with Crippen LogP contribution in [-0.4, -0.2) is 115 Å². The molecule has 3 aromatic rings. The number of aromatic nitrogens is 2. The molecule has 1 unspecified atom stereocenters. The van der Waals surface area contributed by atoms with E-state index >= 15 is 0 Å². The molecule has 6 heterocycles. The highest BCUT2D eigenvalue weighted by atomic mass is 35.5. The number of hydrogen-bond donors (Lipinski definition) is 2. The summed E-state index contributed by atoms with van der Waals surface area (Å²) in [5.74, 6) is 0.860. The molecule has 13 heteroatoms. The molecule has 49 heavy (non-hydrogen) atoms. The van der Waals surface area contributed by atoms with Gasteiger partial charge in [-0.2, -0.15) is 9.97 Å². The molecule has 0 spiro atoms. The van der Waals surface area contributed by atoms with Gasteiger partial charge < -0.3 is 19.4 Å². The van der Waals surface area contributed by atoms with Gasteiger partial charge in [0.2, 0.25) is 5.91 Å². The number of alkyl halides is 1. The topological polar surface area (TPSA) is 92.3 Å². The number of fused-ring (bicyclic) bond motifs is 3. The monoisotopic (exact) mass is 689 g/mol. The van der Waals surface area contributed by atoms with Gasteiger partial charge in [0, 0.05) is 75.5 Å². The molecular formula is C36H45ClFN9O2. The Hall–Kier alpha value is -3.55. The number of carbonyl (C=O) groups excluding carboxylic acids is 1. The third kappa shape index (κ3) is 6.33. The largest absolute Gasteiger partial charge is 0.461 e. The molecule has 0 radical (unpaired) electrons. The van der Waals surface area contributed by atoms with E-state index in [1.807, 2.05) is 35.2 Å². The summed E-state index contributed by atoms with van der Waals surface area (Å²) in [4.78, 5) is 32.0. The average molecular weight is 690 g/mol. The maximum atomic E-state index is 14.6. The van der Waals surface area contributed by atoms with Crippen LogP contribution in [0.2, 0.25) is 5.02 Å². The van der Waals surface area contributed by atoms with Crippen molar-refractivity contribution in [1.29, 1.82) is 0 Å². The van der Waals surface area contributed by atoms with Crippen LogP contribution in [0.25, 0.3) is 10.8 Å². The van der Waals surface area contributed by atoms with Gasteiger partial charge in [-0.15, -0.1) is 0 Å². The minimum atomic E-state index is -0.828. The minimum Gasteiger partial charge on any atom is -0.461 e. The molecule has 4 fully saturated rings. The summed E-state index contributed by atoms with van der Waals surface area (Å²) in [6.07, 6.45) is 6.71. The summed E-state index contributed by atoms with van der Waals surface area (Å²) in [6.45, 7) is 5.13. The van der Waals surface area contributed by atoms with Crippen LogP contribution in [0.5, 0.6) is 6.01 Å². The number of anilines is 2. The first kappa shape index (κ1) is 32.6. The zero-order valence-corrected chi connectivity index (χ0v) is 29.0. The average Bonchev–Trinajstić information content (AvgIpc) is 3.90. The van der Waals surface area contributed by atoms with Gasteiger partial charge in [-0.3, -0.25) is 15.0 Å². The smallest absolute Gasteiger partial charge is 0.318 e. The molecular weight excluding hydrogens is 645 g/mol. The van der Waals surface area contributed by atoms with Crippen molar-refractivity contribution in [1.82, 2.24) is 35.5 Å². The fourth-order valence-electron chi connectivity index (χ4n) is 8.53. The molecule has 260 valence electrons. The number of nitrogens with zero attached hydrogens (tertiary/aromatic N) is 7. The van der Waals surface area contributed by atoms with E-state index in [4.69, 9.17) is 26.3 Å². The van der Waals surface area contributed by atoms with Crippen molar-refractivity contribution in [3.05, 3.63) is 64.8 Å². The highest BCUT2D eigenvalue weighted by molar-refractivity contribution is 6.36. The quantitative estimate of drug-likeness (QED) is 0.341. The van der Waals surface area contributed by atoms with Crippen LogP contribution in [0, 0.1) is 0 Å². The van der Waals surface area contributed by atoms with Gasteiger partial charge in [0.05, 0.1) is 35.6 Å². The predicted octanol–water partition coefficient (Wildman–Crippen LogP) is 3.72. The molecule has 8 rings (SSSR count). The Morgan fingerprint density at radius 1 is 1.18 bits per heavy atom. The lowest BCUT2D eigenvalue weighted by molar-refractivity contribution is -0.125. The maximum absolute atomic E-state index is 14.6. The van der Waals surface area contributed by atoms with Crippen LogP contribution in [0.4, 0.5) is 15.9 Å². The zero-order valence-electron chi connectivity index (χ0n) is 28.2. The first-order valence-electron chi connectivity index (χ1n) is 17.5. The standard InChI is InChI=1S/C36H45ClFN9O2/c1-43-23-39-31(42-43)10-11-32(48)46-16-12-26(20-46)44(2)34-27-13-17-45(30-9-4-7-24-6-3-8-28(37)33(24)30)21-29(27)40-35(41-34)49-22-36-14-5-15-47(36)19-25(38)18-36/h3-4,6-11,25-26,31,39,42H,5,12-23H2,1-2H3/b11-10+/t25-,26-,31?,36+/m1/s1. The number of nitrogens with one attached hydrogen (secondary N) is 2. The summed E-state index contributed by atoms with van der Waals surface area (Å²) in [5, 5.41) is 8.11. The molecule has 4 saturated heterocycles. The zero-order chi connectivity index (χ0) is 33.7. The van der Waals surface area contributed by atoms with Crippen molar-refractivity contribution >= 4 is 39.8 Å². The Morgan fingerprint density at radius 2 is 2.04 bits per heavy atom. The van der Waals surface area contributed by atoms with E-state index < -0.39 is 6.17 Å². The molecule has 5 aliphatic rings. The van der Waals surface area contributed by atoms with Crippen molar-refractivity contribution in [2.75, 3.05) is 69.9 Å². The van der Waals surface area contributed by atoms with Crippen molar-refractivity contribution in [2.45, 2.75) is 62.6 Å². The molecule has 2 N–H and O–H groups in total. The number of hydrogen-bond acceptors (Lipinski definition) is 10. The summed E-state index contributed by atoms with van der Waals surface area (Å²) < 4.78 is 21.0. The third-order valence-electron chi connectivity index (χ3n) is 11.1. The summed E-state index contributed by atoms with van der Waals surface area (Å²) >= 11 is 6.75. The second-order valence-corrected chi connectivity index (χ2v) is 14.7. The first-order valence-corrected chi connectivity index (χ1v) is 17.9. The second kappa shape index (κ2) is 13.3. The Labute approximate surface area is 292 Å². The number of halogens is 2. The molecule has 0 aliphatic carbocycles. The number of likely N-dealkylation sites (tertiary alicyclic amines) is 1. The molecule has 2 aromatic carbocycles. The molecule has 1 amide bonds. The number of likely N-dealkylation sites (N-methyl/N-ethyl adjacent to an activating group) is 1. The van der Waals surface area contributed by atoms with Crippen LogP contribution < -0.4 is 25.3 Å². The highest BCUT2D eigenvalue weighted by Gasteiger charge is 2.49. The van der Waals surface area contributed by atoms with E-state index in [-0.39, 0.29) is 23.7 Å². The van der Waals surface area contributed by atoms with Gasteiger partial charge in [0.15, 0.2) is 0 Å². The van der Waals surface area contributed by atoms with Crippen molar-refractivity contribution in [3.63, 3.8) is 0 Å². The summed E-state index contributed by atoms with van der Waals surface area (Å²) in [6, 6.07) is 12.7. The van der Waals surface area contributed by atoms with Gasteiger partial charge in [-0.1, -0.05) is 35.9 Å². The van der Waals surface area contributed by atoms with E-state index in [1.54, 1.807) is 6.08 Å². The predicted molar refractivity (Wildman–Crippen MR) is 190 cm³/mol. The number of amides is 1. The van der Waals surface area contributed by atoms with Gasteiger partial charge >= 0.3 is 6.01 Å². The van der Waals surface area contributed by atoms with Gasteiger partial charge in [-0.05, 0) is 55.8 Å². The van der Waals surface area contributed by atoms with Gasteiger partial charge in [0.25, 0.3) is 0 Å². The third-order valence-corrected chi connectivity index (χ3v) is 11.4. The van der Waals surface area contributed by atoms with E-state index in [9.17, 15) is 9.18 Å². The van der Waals surface area contributed by atoms with Crippen molar-refractivity contribution in [2.24, 2.45) is 0 Å². The molecule has 11 nitrogen and oxygen atoms in total. The van der Waals surface area contributed by atoms with Crippen LogP contribution >= 0.6 is 11.6 Å². The van der Waals surface area contributed by atoms with E-state index in [1.165, 1.54) is 0 Å². The lowest BCUT2D eigenvalue weighted by Gasteiger charge is -2.35. The van der Waals surface area contributed by atoms with E-state index in [2.05, 4.69) is 56.8 Å². The summed E-state index contributed by atoms with van der Waals surface area (Å²) in [5.41, 5.74) is 6.06. The Morgan fingerprint density at radius 3 is 2.88 bits per heavy atom. The Kier molecular flexibility index (Phi) is 8.86. The van der Waals surface area contributed by atoms with E-state index in [0.717, 1.165) is 84.0 Å². The molecule has 0 bridgehead atoms. The molecule has 1 aromatic heterocycles. The van der Waals surface area contributed by atoms with Crippen molar-refractivity contribution < 1.29 is 13.9 Å². The van der Waals surface area contributed by atoms with Crippen LogP contribution in [-0.2, 0) is 17.8 Å². The van der Waals surface area contributed by atoms with Gasteiger partial charge in [0.1, 0.15) is 18.6 Å². The van der Waals surface area contributed by atoms with Crippen molar-refractivity contribution in [3.8, 4) is 6.01 Å². The first-order chi connectivity index (χ1) is 23.8. The lowest BCUT2D eigenvalue weighted by Crippen LogP contribution is -2.44. The number of ether oxygens (including phenoxy) is 1. The second-order valence-electron chi connectivity index (χ2n) is 14.3. The minimum absolute atomic E-state index is 0.00952. The maximum Gasteiger partial charge on any atom is 0.318 e. The number of rotatable bonds is 8. The fraction of sp³-hybridized carbons (Fsp3) is 0.528. The van der Waals surface area contributed by atoms with Crippen LogP contribution in [0.15, 0.2) is 48.6 Å². The SMILES string of the molecule is CN1CNC(/C=C/C(=O)N2CC[C@@H](N(C)c3nc(OC[C@@]45CCCN4C[C@H](F)C5)nc4c3CCN(c3cccc5cccc(Cl)c35)C4)C2)N1.